The van der Waals surface area contributed by atoms with E-state index in [0.717, 1.165) is 6.42 Å². The molecule has 124 valence electrons. The van der Waals surface area contributed by atoms with Crippen LogP contribution in [0.4, 0.5) is 0 Å². The number of hydrogen-bond acceptors (Lipinski definition) is 5. The van der Waals surface area contributed by atoms with E-state index in [9.17, 15) is 4.79 Å². The summed E-state index contributed by atoms with van der Waals surface area (Å²) in [6, 6.07) is 7.70. The summed E-state index contributed by atoms with van der Waals surface area (Å²) >= 11 is 0. The molecular weight excluding hydrogens is 282 g/mol. The van der Waals surface area contributed by atoms with Crippen molar-refractivity contribution in [1.82, 2.24) is 0 Å². The Balaban J connectivity index is 2.56. The second-order valence-corrected chi connectivity index (χ2v) is 6.48. The van der Waals surface area contributed by atoms with Crippen LogP contribution in [-0.2, 0) is 14.3 Å². The molecule has 5 nitrogen and oxygen atoms in total. The zero-order valence-electron chi connectivity index (χ0n) is 13.9. The summed E-state index contributed by atoms with van der Waals surface area (Å²) in [4.78, 5) is 11.3. The Labute approximate surface area is 132 Å². The van der Waals surface area contributed by atoms with Crippen molar-refractivity contribution >= 4 is 5.97 Å². The normalized spacial score (nSPS) is 12.8. The number of carbonyl (C=O) groups excluding carboxylic acids is 1. The Bertz CT molecular complexity index is 451. The van der Waals surface area contributed by atoms with Crippen LogP contribution in [0.2, 0.25) is 0 Å². The van der Waals surface area contributed by atoms with E-state index in [1.807, 2.05) is 24.3 Å². The van der Waals surface area contributed by atoms with E-state index >= 15 is 0 Å². The zero-order chi connectivity index (χ0) is 16.6. The highest BCUT2D eigenvalue weighted by atomic mass is 16.7. The van der Waals surface area contributed by atoms with Crippen molar-refractivity contribution in [2.24, 2.45) is 11.1 Å². The van der Waals surface area contributed by atoms with Crippen LogP contribution in [0.25, 0.3) is 0 Å². The van der Waals surface area contributed by atoms with Crippen LogP contribution in [0.3, 0.4) is 0 Å². The van der Waals surface area contributed by atoms with Crippen LogP contribution in [0.1, 0.15) is 38.7 Å². The van der Waals surface area contributed by atoms with E-state index in [-0.39, 0.29) is 18.8 Å². The molecule has 0 aliphatic carbocycles. The lowest BCUT2D eigenvalue weighted by molar-refractivity contribution is -0.156. The molecule has 0 saturated carbocycles. The second kappa shape index (κ2) is 8.76. The Kier molecular flexibility index (Phi) is 7.35. The lowest BCUT2D eigenvalue weighted by Crippen LogP contribution is -2.19. The molecule has 0 aromatic heterocycles. The number of rotatable bonds is 8. The highest BCUT2D eigenvalue weighted by molar-refractivity contribution is 5.71. The Hall–Kier alpha value is -1.59. The first kappa shape index (κ1) is 18.5. The van der Waals surface area contributed by atoms with Crippen LogP contribution >= 0.6 is 0 Å². The molecule has 22 heavy (non-hydrogen) atoms. The summed E-state index contributed by atoms with van der Waals surface area (Å²) in [5.74, 6) is 0.490. The maximum absolute atomic E-state index is 11.3. The molecule has 1 aromatic rings. The fourth-order valence-electron chi connectivity index (χ4n) is 2.22. The molecule has 1 rings (SSSR count). The lowest BCUT2D eigenvalue weighted by atomic mass is 9.81. The largest absolute Gasteiger partial charge is 0.482 e. The molecule has 1 aromatic carbocycles. The smallest absolute Gasteiger partial charge is 0.346 e. The fourth-order valence-corrected chi connectivity index (χ4v) is 2.22. The van der Waals surface area contributed by atoms with Gasteiger partial charge in [-0.2, -0.15) is 0 Å². The lowest BCUT2D eigenvalue weighted by Gasteiger charge is -2.25. The SMILES string of the molecule is COCOC(=O)COc1ccc(C(CN)CC(C)(C)C)cc1. The van der Waals surface area contributed by atoms with Crippen LogP contribution < -0.4 is 10.5 Å². The van der Waals surface area contributed by atoms with E-state index in [0.29, 0.717) is 18.2 Å². The number of hydrogen-bond donors (Lipinski definition) is 1. The minimum Gasteiger partial charge on any atom is -0.482 e. The summed E-state index contributed by atoms with van der Waals surface area (Å²) < 4.78 is 14.8. The number of esters is 1. The minimum atomic E-state index is -0.460. The zero-order valence-corrected chi connectivity index (χ0v) is 13.9. The molecule has 2 N–H and O–H groups in total. The molecule has 0 aliphatic heterocycles. The fraction of sp³-hybridized carbons (Fsp3) is 0.588. The summed E-state index contributed by atoms with van der Waals surface area (Å²) in [5, 5.41) is 0. The summed E-state index contributed by atoms with van der Waals surface area (Å²) in [6.45, 7) is 7.04. The Morgan fingerprint density at radius 1 is 1.23 bits per heavy atom. The molecule has 0 bridgehead atoms. The molecule has 0 spiro atoms. The Morgan fingerprint density at radius 3 is 2.36 bits per heavy atom. The van der Waals surface area contributed by atoms with E-state index in [2.05, 4.69) is 25.5 Å². The summed E-state index contributed by atoms with van der Waals surface area (Å²) in [7, 11) is 1.46. The van der Waals surface area contributed by atoms with Crippen molar-refractivity contribution in [3.05, 3.63) is 29.8 Å². The van der Waals surface area contributed by atoms with Gasteiger partial charge in [-0.1, -0.05) is 32.9 Å². The molecule has 0 saturated heterocycles. The van der Waals surface area contributed by atoms with Gasteiger partial charge < -0.3 is 19.9 Å². The number of nitrogens with two attached hydrogens (primary N) is 1. The molecule has 0 aliphatic rings. The van der Waals surface area contributed by atoms with Crippen molar-refractivity contribution in [2.45, 2.75) is 33.1 Å². The van der Waals surface area contributed by atoms with Gasteiger partial charge in [-0.25, -0.2) is 4.79 Å². The van der Waals surface area contributed by atoms with Crippen molar-refractivity contribution in [3.63, 3.8) is 0 Å². The van der Waals surface area contributed by atoms with E-state index in [1.54, 1.807) is 0 Å². The average Bonchev–Trinajstić information content (AvgIpc) is 2.48. The third-order valence-electron chi connectivity index (χ3n) is 3.19. The number of ether oxygens (including phenoxy) is 3. The molecule has 1 atom stereocenters. The predicted octanol–water partition coefficient (Wildman–Crippen LogP) is 2.69. The topological polar surface area (TPSA) is 70.8 Å². The van der Waals surface area contributed by atoms with Crippen LogP contribution in [0, 0.1) is 5.41 Å². The first-order valence-corrected chi connectivity index (χ1v) is 7.43. The van der Waals surface area contributed by atoms with Crippen LogP contribution in [0.5, 0.6) is 5.75 Å². The second-order valence-electron chi connectivity index (χ2n) is 6.48. The molecular formula is C17H27NO4. The quantitative estimate of drug-likeness (QED) is 0.590. The number of benzene rings is 1. The van der Waals surface area contributed by atoms with Gasteiger partial charge in [-0.05, 0) is 42.0 Å². The van der Waals surface area contributed by atoms with Crippen molar-refractivity contribution in [3.8, 4) is 5.75 Å². The van der Waals surface area contributed by atoms with Crippen LogP contribution in [0.15, 0.2) is 24.3 Å². The average molecular weight is 309 g/mol. The molecule has 0 radical (unpaired) electrons. The van der Waals surface area contributed by atoms with Crippen molar-refractivity contribution < 1.29 is 19.0 Å². The number of methoxy groups -OCH3 is 1. The van der Waals surface area contributed by atoms with Gasteiger partial charge in [0.15, 0.2) is 13.4 Å². The van der Waals surface area contributed by atoms with Gasteiger partial charge in [0, 0.05) is 7.11 Å². The molecule has 0 fully saturated rings. The maximum Gasteiger partial charge on any atom is 0.346 e. The Morgan fingerprint density at radius 2 is 1.86 bits per heavy atom. The highest BCUT2D eigenvalue weighted by Crippen LogP contribution is 2.31. The molecule has 0 heterocycles. The maximum atomic E-state index is 11.3. The van der Waals surface area contributed by atoms with Gasteiger partial charge in [0.2, 0.25) is 0 Å². The summed E-state index contributed by atoms with van der Waals surface area (Å²) in [5.41, 5.74) is 7.30. The standard InChI is InChI=1S/C17H27NO4/c1-17(2,3)9-14(10-18)13-5-7-15(8-6-13)21-11-16(19)22-12-20-4/h5-8,14H,9-12,18H2,1-4H3. The third-order valence-corrected chi connectivity index (χ3v) is 3.19. The summed E-state index contributed by atoms with van der Waals surface area (Å²) in [6.07, 6.45) is 1.02. The van der Waals surface area contributed by atoms with E-state index < -0.39 is 5.97 Å². The van der Waals surface area contributed by atoms with Gasteiger partial charge in [-0.15, -0.1) is 0 Å². The van der Waals surface area contributed by atoms with E-state index in [4.69, 9.17) is 15.2 Å². The van der Waals surface area contributed by atoms with Gasteiger partial charge in [0.1, 0.15) is 5.75 Å². The minimum absolute atomic E-state index is 0.0634. The monoisotopic (exact) mass is 309 g/mol. The molecule has 1 unspecified atom stereocenters. The van der Waals surface area contributed by atoms with Crippen molar-refractivity contribution in [1.29, 1.82) is 0 Å². The predicted molar refractivity (Wildman–Crippen MR) is 85.8 cm³/mol. The van der Waals surface area contributed by atoms with Gasteiger partial charge in [-0.3, -0.25) is 0 Å². The van der Waals surface area contributed by atoms with Gasteiger partial charge in [0.05, 0.1) is 0 Å². The van der Waals surface area contributed by atoms with E-state index in [1.165, 1.54) is 12.7 Å². The van der Waals surface area contributed by atoms with Gasteiger partial charge in [0.25, 0.3) is 0 Å². The first-order valence-electron chi connectivity index (χ1n) is 7.43. The molecule has 0 amide bonds. The third kappa shape index (κ3) is 6.91. The van der Waals surface area contributed by atoms with Crippen LogP contribution in [-0.4, -0.2) is 33.0 Å². The van der Waals surface area contributed by atoms with Crippen molar-refractivity contribution in [2.75, 3.05) is 27.1 Å². The first-order chi connectivity index (χ1) is 10.4. The number of carbonyl (C=O) groups is 1. The van der Waals surface area contributed by atoms with Gasteiger partial charge >= 0.3 is 5.97 Å². The highest BCUT2D eigenvalue weighted by Gasteiger charge is 2.19. The molecule has 5 heteroatoms.